The fraction of sp³-hybridized carbons (Fsp3) is 0.625. The van der Waals surface area contributed by atoms with Crippen LogP contribution in [0.5, 0.6) is 0 Å². The van der Waals surface area contributed by atoms with E-state index < -0.39 is 52.7 Å². The molecule has 0 fully saturated rings. The van der Waals surface area contributed by atoms with Crippen molar-refractivity contribution in [1.82, 2.24) is 7.42 Å². The van der Waals surface area contributed by atoms with Gasteiger partial charge >= 0.3 is 0 Å². The number of nitrogens with zero attached hydrogens (tertiary/aromatic N) is 2. The maximum Gasteiger partial charge on any atom is 0.224 e. The third-order valence-electron chi connectivity index (χ3n) is 4.13. The molecule has 0 aromatic heterocycles. The second-order valence-corrected chi connectivity index (χ2v) is 16.1. The third kappa shape index (κ3) is 6.99. The van der Waals surface area contributed by atoms with E-state index in [0.717, 1.165) is 5.56 Å². The fourth-order valence-corrected chi connectivity index (χ4v) is 8.93. The Kier molecular flexibility index (Phi) is 7.61. The van der Waals surface area contributed by atoms with Gasteiger partial charge < -0.3 is 0 Å². The van der Waals surface area contributed by atoms with Gasteiger partial charge in [0, 0.05) is 0 Å². The quantitative estimate of drug-likeness (QED) is 0.497. The first kappa shape index (κ1) is 27.0. The zero-order valence-electron chi connectivity index (χ0n) is 17.9. The molecule has 0 N–H and O–H groups in total. The van der Waals surface area contributed by atoms with E-state index in [1.54, 1.807) is 12.1 Å². The SMILES string of the molecule is CC(C)(C)c1ccc(C(CN(S(C)(=O)=O)S(C)(=O)=O)N(S(C)(=O)=O)S(C)(=O)=O)cc1. The molecule has 174 valence electrons. The maximum atomic E-state index is 12.3. The van der Waals surface area contributed by atoms with E-state index in [9.17, 15) is 33.7 Å². The molecule has 0 heterocycles. The van der Waals surface area contributed by atoms with Crippen molar-refractivity contribution in [1.29, 1.82) is 0 Å². The number of hydrogen-bond donors (Lipinski definition) is 0. The van der Waals surface area contributed by atoms with Crippen LogP contribution in [-0.4, -0.2) is 72.7 Å². The molecule has 14 heteroatoms. The molecule has 1 aromatic carbocycles. The molecule has 10 nitrogen and oxygen atoms in total. The van der Waals surface area contributed by atoms with Crippen LogP contribution in [0, 0.1) is 0 Å². The summed E-state index contributed by atoms with van der Waals surface area (Å²) >= 11 is 0. The lowest BCUT2D eigenvalue weighted by atomic mass is 9.86. The van der Waals surface area contributed by atoms with Crippen LogP contribution in [0.15, 0.2) is 24.3 Å². The molecule has 0 aliphatic heterocycles. The van der Waals surface area contributed by atoms with Crippen molar-refractivity contribution >= 4 is 40.1 Å². The lowest BCUT2D eigenvalue weighted by Crippen LogP contribution is -2.46. The van der Waals surface area contributed by atoms with Crippen molar-refractivity contribution in [2.24, 2.45) is 0 Å². The zero-order valence-corrected chi connectivity index (χ0v) is 21.2. The minimum absolute atomic E-state index is 0.0890. The van der Waals surface area contributed by atoms with E-state index in [0.29, 0.717) is 25.0 Å². The Morgan fingerprint density at radius 3 is 1.33 bits per heavy atom. The maximum absolute atomic E-state index is 12.3. The molecular formula is C16H28N2O8S4. The van der Waals surface area contributed by atoms with Crippen LogP contribution < -0.4 is 0 Å². The van der Waals surface area contributed by atoms with Crippen LogP contribution in [0.1, 0.15) is 37.9 Å². The predicted molar refractivity (Wildman–Crippen MR) is 116 cm³/mol. The predicted octanol–water partition coefficient (Wildman–Crippen LogP) is 0.468. The monoisotopic (exact) mass is 504 g/mol. The van der Waals surface area contributed by atoms with E-state index in [1.165, 1.54) is 12.1 Å². The number of hydrogen-bond acceptors (Lipinski definition) is 8. The Hall–Kier alpha value is -1.06. The van der Waals surface area contributed by atoms with Gasteiger partial charge in [0.2, 0.25) is 40.1 Å². The number of benzene rings is 1. The van der Waals surface area contributed by atoms with Gasteiger partial charge in [-0.2, -0.15) is 0 Å². The van der Waals surface area contributed by atoms with E-state index in [2.05, 4.69) is 0 Å². The molecule has 0 aliphatic carbocycles. The van der Waals surface area contributed by atoms with Gasteiger partial charge in [0.1, 0.15) is 0 Å². The van der Waals surface area contributed by atoms with Crippen LogP contribution in [0.25, 0.3) is 0 Å². The first-order valence-corrected chi connectivity index (χ1v) is 15.9. The number of rotatable bonds is 8. The molecular weight excluding hydrogens is 476 g/mol. The van der Waals surface area contributed by atoms with Gasteiger partial charge in [0.05, 0.1) is 37.6 Å². The molecule has 0 aliphatic rings. The Labute approximate surface area is 180 Å². The average molecular weight is 505 g/mol. The number of sulfonamides is 4. The summed E-state index contributed by atoms with van der Waals surface area (Å²) in [5.74, 6) is 0. The first-order valence-electron chi connectivity index (χ1n) is 8.54. The standard InChI is InChI=1S/C16H28N2O8S4/c1-16(2,3)14-10-8-13(9-11-14)15(18(29(6,23)24)30(7,25)26)12-17(27(4,19)20)28(5,21)22/h8-11,15H,12H2,1-7H3. The zero-order chi connectivity index (χ0) is 23.9. The fourth-order valence-electron chi connectivity index (χ4n) is 2.87. The summed E-state index contributed by atoms with van der Waals surface area (Å²) < 4.78 is 97.9. The summed E-state index contributed by atoms with van der Waals surface area (Å²) in [5, 5.41) is 0. The summed E-state index contributed by atoms with van der Waals surface area (Å²) in [6.45, 7) is 4.88. The van der Waals surface area contributed by atoms with Gasteiger partial charge in [-0.25, -0.2) is 33.7 Å². The lowest BCUT2D eigenvalue weighted by molar-refractivity contribution is 0.388. The van der Waals surface area contributed by atoms with Crippen LogP contribution in [0.2, 0.25) is 0 Å². The molecule has 30 heavy (non-hydrogen) atoms. The van der Waals surface area contributed by atoms with Crippen LogP contribution in [-0.2, 0) is 45.5 Å². The van der Waals surface area contributed by atoms with Gasteiger partial charge in [-0.15, -0.1) is 0 Å². The van der Waals surface area contributed by atoms with Crippen LogP contribution >= 0.6 is 0 Å². The van der Waals surface area contributed by atoms with E-state index in [1.807, 2.05) is 20.8 Å². The summed E-state index contributed by atoms with van der Waals surface area (Å²) in [7, 11) is -17.5. The minimum Gasteiger partial charge on any atom is -0.212 e. The van der Waals surface area contributed by atoms with Crippen molar-refractivity contribution in [3.63, 3.8) is 0 Å². The Morgan fingerprint density at radius 2 is 1.07 bits per heavy atom. The summed E-state index contributed by atoms with van der Waals surface area (Å²) in [6.07, 6.45) is 2.57. The Bertz CT molecular complexity index is 1130. The topological polar surface area (TPSA) is 143 Å². The molecule has 0 saturated carbocycles. The average Bonchev–Trinajstić information content (AvgIpc) is 2.45. The smallest absolute Gasteiger partial charge is 0.212 e. The van der Waals surface area contributed by atoms with Crippen molar-refractivity contribution in [2.45, 2.75) is 32.2 Å². The highest BCUT2D eigenvalue weighted by Crippen LogP contribution is 2.31. The van der Waals surface area contributed by atoms with Crippen molar-refractivity contribution in [2.75, 3.05) is 31.6 Å². The molecule has 0 amide bonds. The molecule has 0 saturated heterocycles. The molecule has 1 rings (SSSR count). The highest BCUT2D eigenvalue weighted by Gasteiger charge is 2.41. The van der Waals surface area contributed by atoms with Crippen molar-refractivity contribution in [3.8, 4) is 0 Å². The molecule has 1 aromatic rings. The lowest BCUT2D eigenvalue weighted by Gasteiger charge is -2.31. The minimum atomic E-state index is -4.42. The second kappa shape index (κ2) is 8.47. The van der Waals surface area contributed by atoms with Gasteiger partial charge in [-0.1, -0.05) is 52.5 Å². The van der Waals surface area contributed by atoms with E-state index >= 15 is 0 Å². The second-order valence-electron chi connectivity index (χ2n) is 8.12. The summed E-state index contributed by atoms with van der Waals surface area (Å²) in [5.41, 5.74) is 0.724. The molecule has 0 radical (unpaired) electrons. The van der Waals surface area contributed by atoms with E-state index in [4.69, 9.17) is 0 Å². The highest BCUT2D eigenvalue weighted by molar-refractivity contribution is 8.04. The highest BCUT2D eigenvalue weighted by atomic mass is 32.3. The summed E-state index contributed by atoms with van der Waals surface area (Å²) in [4.78, 5) is 0. The molecule has 1 unspecified atom stereocenters. The van der Waals surface area contributed by atoms with E-state index in [-0.39, 0.29) is 18.4 Å². The van der Waals surface area contributed by atoms with Gasteiger partial charge in [-0.05, 0) is 16.5 Å². The Morgan fingerprint density at radius 1 is 0.700 bits per heavy atom. The van der Waals surface area contributed by atoms with Gasteiger partial charge in [0.15, 0.2) is 0 Å². The molecule has 0 spiro atoms. The van der Waals surface area contributed by atoms with Crippen LogP contribution in [0.4, 0.5) is 0 Å². The normalized spacial score (nSPS) is 15.5. The van der Waals surface area contributed by atoms with Crippen molar-refractivity contribution < 1.29 is 33.7 Å². The largest absolute Gasteiger partial charge is 0.224 e. The van der Waals surface area contributed by atoms with Gasteiger partial charge in [0.25, 0.3) is 0 Å². The van der Waals surface area contributed by atoms with Crippen LogP contribution in [0.3, 0.4) is 0 Å². The molecule has 1 atom stereocenters. The van der Waals surface area contributed by atoms with Crippen molar-refractivity contribution in [3.05, 3.63) is 35.4 Å². The Balaban J connectivity index is 3.81. The van der Waals surface area contributed by atoms with Gasteiger partial charge in [-0.3, -0.25) is 0 Å². The first-order chi connectivity index (χ1) is 13.1. The summed E-state index contributed by atoms with van der Waals surface area (Å²) in [6, 6.07) is 4.58. The third-order valence-corrected chi connectivity index (χ3v) is 11.0. The molecule has 0 bridgehead atoms.